The summed E-state index contributed by atoms with van der Waals surface area (Å²) in [6.45, 7) is 5.29. The third kappa shape index (κ3) is 4.55. The molecular weight excluding hydrogens is 409 g/mol. The smallest absolute Gasteiger partial charge is 0.129 e. The number of halogens is 1. The van der Waals surface area contributed by atoms with Gasteiger partial charge in [0.1, 0.15) is 24.0 Å². The first-order chi connectivity index (χ1) is 15.3. The normalized spacial score (nSPS) is 14.8. The highest BCUT2D eigenvalue weighted by atomic mass is 32.1. The van der Waals surface area contributed by atoms with Crippen molar-refractivity contribution in [1.82, 2.24) is 9.88 Å². The van der Waals surface area contributed by atoms with E-state index in [4.69, 9.17) is 9.72 Å². The number of thiophene rings is 1. The maximum atomic E-state index is 13.0. The quantitative estimate of drug-likeness (QED) is 0.412. The Hall–Kier alpha value is -2.96. The zero-order chi connectivity index (χ0) is 21.0. The van der Waals surface area contributed by atoms with Crippen LogP contribution in [0.3, 0.4) is 0 Å². The summed E-state index contributed by atoms with van der Waals surface area (Å²) >= 11 is 1.75. The SMILES string of the molecule is Fc1ccc(OCCN2CCN(c3ccc4cccc(-c5cccs5)c4n3)CC2)cc1. The Labute approximate surface area is 185 Å². The summed E-state index contributed by atoms with van der Waals surface area (Å²) in [6.07, 6.45) is 0. The van der Waals surface area contributed by atoms with E-state index in [9.17, 15) is 4.39 Å². The summed E-state index contributed by atoms with van der Waals surface area (Å²) in [7, 11) is 0. The number of fused-ring (bicyclic) bond motifs is 1. The number of rotatable bonds is 6. The molecule has 1 aliphatic heterocycles. The number of ether oxygens (including phenoxy) is 1. The van der Waals surface area contributed by atoms with Gasteiger partial charge >= 0.3 is 0 Å². The van der Waals surface area contributed by atoms with Gasteiger partial charge < -0.3 is 9.64 Å². The van der Waals surface area contributed by atoms with Gasteiger partial charge in [-0.15, -0.1) is 11.3 Å². The monoisotopic (exact) mass is 433 g/mol. The van der Waals surface area contributed by atoms with E-state index in [-0.39, 0.29) is 5.82 Å². The summed E-state index contributed by atoms with van der Waals surface area (Å²) < 4.78 is 18.7. The molecule has 5 rings (SSSR count). The van der Waals surface area contributed by atoms with Gasteiger partial charge in [0.25, 0.3) is 0 Å². The van der Waals surface area contributed by atoms with Gasteiger partial charge in [0.15, 0.2) is 0 Å². The van der Waals surface area contributed by atoms with E-state index in [0.29, 0.717) is 12.4 Å². The molecule has 0 aliphatic carbocycles. The van der Waals surface area contributed by atoms with E-state index in [1.165, 1.54) is 28.0 Å². The maximum Gasteiger partial charge on any atom is 0.129 e. The molecule has 4 nitrogen and oxygen atoms in total. The summed E-state index contributed by atoms with van der Waals surface area (Å²) in [4.78, 5) is 11.1. The molecule has 31 heavy (non-hydrogen) atoms. The number of hydrogen-bond acceptors (Lipinski definition) is 5. The third-order valence-electron chi connectivity index (χ3n) is 5.68. The molecule has 1 saturated heterocycles. The van der Waals surface area contributed by atoms with Crippen molar-refractivity contribution in [3.63, 3.8) is 0 Å². The zero-order valence-electron chi connectivity index (χ0n) is 17.2. The second-order valence-corrected chi connectivity index (χ2v) is 8.60. The van der Waals surface area contributed by atoms with Crippen molar-refractivity contribution in [2.24, 2.45) is 0 Å². The van der Waals surface area contributed by atoms with Gasteiger partial charge in [0.2, 0.25) is 0 Å². The predicted molar refractivity (Wildman–Crippen MR) is 126 cm³/mol. The Bertz CT molecular complexity index is 1140. The minimum atomic E-state index is -0.242. The van der Waals surface area contributed by atoms with Gasteiger partial charge in [-0.2, -0.15) is 0 Å². The Balaban J connectivity index is 1.21. The first-order valence-electron chi connectivity index (χ1n) is 10.6. The fourth-order valence-corrected chi connectivity index (χ4v) is 4.72. The van der Waals surface area contributed by atoms with Crippen molar-refractivity contribution >= 4 is 28.1 Å². The van der Waals surface area contributed by atoms with Crippen molar-refractivity contribution in [3.8, 4) is 16.2 Å². The van der Waals surface area contributed by atoms with Crippen LogP contribution in [0.25, 0.3) is 21.3 Å². The largest absolute Gasteiger partial charge is 0.492 e. The summed E-state index contributed by atoms with van der Waals surface area (Å²) in [5.74, 6) is 1.51. The molecule has 2 aromatic carbocycles. The van der Waals surface area contributed by atoms with Crippen LogP contribution >= 0.6 is 11.3 Å². The van der Waals surface area contributed by atoms with Gasteiger partial charge in [-0.25, -0.2) is 9.37 Å². The first kappa shape index (κ1) is 20.0. The van der Waals surface area contributed by atoms with E-state index in [1.54, 1.807) is 23.5 Å². The molecular formula is C25H24FN3OS. The Morgan fingerprint density at radius 1 is 0.903 bits per heavy atom. The number of benzene rings is 2. The van der Waals surface area contributed by atoms with E-state index in [1.807, 2.05) is 0 Å². The van der Waals surface area contributed by atoms with Gasteiger partial charge in [0.05, 0.1) is 5.52 Å². The lowest BCUT2D eigenvalue weighted by molar-refractivity contribution is 0.200. The van der Waals surface area contributed by atoms with E-state index < -0.39 is 0 Å². The van der Waals surface area contributed by atoms with Crippen LogP contribution in [0.2, 0.25) is 0 Å². The molecule has 0 amide bonds. The van der Waals surface area contributed by atoms with Crippen LogP contribution in [-0.2, 0) is 0 Å². The number of anilines is 1. The second kappa shape index (κ2) is 9.04. The average molecular weight is 434 g/mol. The molecule has 158 valence electrons. The van der Waals surface area contributed by atoms with E-state index in [0.717, 1.165) is 44.1 Å². The third-order valence-corrected chi connectivity index (χ3v) is 6.58. The van der Waals surface area contributed by atoms with Crippen LogP contribution in [0.15, 0.2) is 72.1 Å². The van der Waals surface area contributed by atoms with Gasteiger partial charge in [-0.1, -0.05) is 24.3 Å². The molecule has 4 aromatic rings. The molecule has 0 bridgehead atoms. The molecule has 0 saturated carbocycles. The standard InChI is InChI=1S/C25H24FN3OS/c26-20-7-9-21(10-8-20)30-17-16-28-12-14-29(15-13-28)24-11-6-19-3-1-4-22(25(19)27-24)23-5-2-18-31-23/h1-11,18H,12-17H2. The van der Waals surface area contributed by atoms with Crippen LogP contribution in [-0.4, -0.2) is 49.2 Å². The lowest BCUT2D eigenvalue weighted by atomic mass is 10.1. The van der Waals surface area contributed by atoms with Crippen LogP contribution < -0.4 is 9.64 Å². The van der Waals surface area contributed by atoms with Gasteiger partial charge in [-0.3, -0.25) is 4.90 Å². The molecule has 0 N–H and O–H groups in total. The molecule has 1 fully saturated rings. The maximum absolute atomic E-state index is 13.0. The molecule has 0 radical (unpaired) electrons. The summed E-state index contributed by atoms with van der Waals surface area (Å²) in [5, 5.41) is 3.28. The topological polar surface area (TPSA) is 28.6 Å². The summed E-state index contributed by atoms with van der Waals surface area (Å²) in [6, 6.07) is 21.1. The molecule has 1 aliphatic rings. The van der Waals surface area contributed by atoms with E-state index >= 15 is 0 Å². The lowest BCUT2D eigenvalue weighted by Gasteiger charge is -2.35. The fourth-order valence-electron chi connectivity index (χ4n) is 3.97. The number of piperazine rings is 1. The highest BCUT2D eigenvalue weighted by Gasteiger charge is 2.19. The van der Waals surface area contributed by atoms with Crippen LogP contribution in [0, 0.1) is 5.82 Å². The number of aromatic nitrogens is 1. The van der Waals surface area contributed by atoms with Crippen molar-refractivity contribution in [2.75, 3.05) is 44.2 Å². The van der Waals surface area contributed by atoms with Crippen molar-refractivity contribution in [2.45, 2.75) is 0 Å². The van der Waals surface area contributed by atoms with Gasteiger partial charge in [0, 0.05) is 48.6 Å². The van der Waals surface area contributed by atoms with Crippen molar-refractivity contribution < 1.29 is 9.13 Å². The molecule has 2 aromatic heterocycles. The number of hydrogen-bond donors (Lipinski definition) is 0. The minimum absolute atomic E-state index is 0.242. The predicted octanol–water partition coefficient (Wildman–Crippen LogP) is 5.30. The first-order valence-corrected chi connectivity index (χ1v) is 11.4. The van der Waals surface area contributed by atoms with Crippen LogP contribution in [0.4, 0.5) is 10.2 Å². The molecule has 3 heterocycles. The Morgan fingerprint density at radius 2 is 1.74 bits per heavy atom. The Morgan fingerprint density at radius 3 is 2.52 bits per heavy atom. The lowest BCUT2D eigenvalue weighted by Crippen LogP contribution is -2.47. The Kier molecular flexibility index (Phi) is 5.82. The fraction of sp³-hybridized carbons (Fsp3) is 0.240. The second-order valence-electron chi connectivity index (χ2n) is 7.66. The highest BCUT2D eigenvalue weighted by molar-refractivity contribution is 7.13. The number of pyridine rings is 1. The van der Waals surface area contributed by atoms with E-state index in [2.05, 4.69) is 57.6 Å². The molecule has 0 spiro atoms. The molecule has 0 atom stereocenters. The highest BCUT2D eigenvalue weighted by Crippen LogP contribution is 2.32. The zero-order valence-corrected chi connectivity index (χ0v) is 18.0. The van der Waals surface area contributed by atoms with Crippen LogP contribution in [0.1, 0.15) is 0 Å². The van der Waals surface area contributed by atoms with Crippen molar-refractivity contribution in [1.29, 1.82) is 0 Å². The molecule has 6 heteroatoms. The van der Waals surface area contributed by atoms with Gasteiger partial charge in [-0.05, 0) is 47.8 Å². The van der Waals surface area contributed by atoms with Crippen molar-refractivity contribution in [3.05, 3.63) is 77.9 Å². The number of nitrogens with zero attached hydrogens (tertiary/aromatic N) is 3. The minimum Gasteiger partial charge on any atom is -0.492 e. The van der Waals surface area contributed by atoms with Crippen LogP contribution in [0.5, 0.6) is 5.75 Å². The summed E-state index contributed by atoms with van der Waals surface area (Å²) in [5.41, 5.74) is 2.27. The average Bonchev–Trinajstić information content (AvgIpc) is 3.35. The number of para-hydroxylation sites is 1. The molecule has 0 unspecified atom stereocenters.